The SMILES string of the molecule is c1ccc2cc(-c3ccc(N(c4cccc5c4sc4cc6ccccc6cc45)c4cccc5oc6ccc7c8ccccc8oc7c6c45)cc3)ccc2c1. The minimum Gasteiger partial charge on any atom is -0.456 e. The third-order valence-electron chi connectivity index (χ3n) is 11.0. The first-order valence-electron chi connectivity index (χ1n) is 18.2. The molecule has 12 aromatic rings. The van der Waals surface area contributed by atoms with Crippen LogP contribution < -0.4 is 4.90 Å². The number of para-hydroxylation sites is 1. The van der Waals surface area contributed by atoms with Gasteiger partial charge in [-0.05, 0) is 99.4 Å². The predicted molar refractivity (Wildman–Crippen MR) is 229 cm³/mol. The van der Waals surface area contributed by atoms with E-state index in [9.17, 15) is 0 Å². The maximum Gasteiger partial charge on any atom is 0.147 e. The van der Waals surface area contributed by atoms with E-state index in [1.165, 1.54) is 52.8 Å². The van der Waals surface area contributed by atoms with Crippen molar-refractivity contribution in [2.24, 2.45) is 0 Å². The van der Waals surface area contributed by atoms with E-state index in [0.717, 1.165) is 60.9 Å². The van der Waals surface area contributed by atoms with Gasteiger partial charge in [-0.25, -0.2) is 0 Å². The van der Waals surface area contributed by atoms with Crippen LogP contribution in [0.4, 0.5) is 17.1 Å². The maximum absolute atomic E-state index is 6.64. The van der Waals surface area contributed by atoms with Crippen molar-refractivity contribution in [2.75, 3.05) is 4.90 Å². The second-order valence-electron chi connectivity index (χ2n) is 14.1. The zero-order chi connectivity index (χ0) is 35.3. The van der Waals surface area contributed by atoms with Gasteiger partial charge in [-0.1, -0.05) is 109 Å². The molecule has 0 amide bonds. The van der Waals surface area contributed by atoms with E-state index >= 15 is 0 Å². The van der Waals surface area contributed by atoms with Gasteiger partial charge in [-0.15, -0.1) is 11.3 Å². The van der Waals surface area contributed by atoms with Gasteiger partial charge >= 0.3 is 0 Å². The monoisotopic (exact) mass is 707 g/mol. The predicted octanol–water partition coefficient (Wildman–Crippen LogP) is 15.3. The molecule has 0 radical (unpaired) electrons. The quantitative estimate of drug-likeness (QED) is 0.182. The lowest BCUT2D eigenvalue weighted by Crippen LogP contribution is -2.10. The molecule has 0 saturated carbocycles. The van der Waals surface area contributed by atoms with Crippen LogP contribution in [0.15, 0.2) is 185 Å². The molecule has 54 heavy (non-hydrogen) atoms. The van der Waals surface area contributed by atoms with Gasteiger partial charge in [-0.3, -0.25) is 0 Å². The van der Waals surface area contributed by atoms with Crippen molar-refractivity contribution < 1.29 is 8.83 Å². The number of hydrogen-bond acceptors (Lipinski definition) is 4. The smallest absolute Gasteiger partial charge is 0.147 e. The lowest BCUT2D eigenvalue weighted by molar-refractivity contribution is 0.663. The van der Waals surface area contributed by atoms with Crippen LogP contribution in [0.25, 0.3) is 96.7 Å². The summed E-state index contributed by atoms with van der Waals surface area (Å²) < 4.78 is 15.8. The molecule has 0 fully saturated rings. The summed E-state index contributed by atoms with van der Waals surface area (Å²) in [4.78, 5) is 2.42. The molecule has 0 aliphatic carbocycles. The van der Waals surface area contributed by atoms with E-state index in [1.807, 2.05) is 23.5 Å². The molecular formula is C50H29NO2S. The first kappa shape index (κ1) is 29.7. The normalized spacial score (nSPS) is 12.1. The molecule has 4 heteroatoms. The lowest BCUT2D eigenvalue weighted by atomic mass is 10.0. The molecule has 0 saturated heterocycles. The van der Waals surface area contributed by atoms with Crippen molar-refractivity contribution >= 4 is 114 Å². The van der Waals surface area contributed by atoms with Crippen LogP contribution in [-0.2, 0) is 0 Å². The van der Waals surface area contributed by atoms with Gasteiger partial charge in [0.05, 0.1) is 26.8 Å². The van der Waals surface area contributed by atoms with Gasteiger partial charge in [0.2, 0.25) is 0 Å². The number of nitrogens with zero attached hydrogens (tertiary/aromatic N) is 1. The fraction of sp³-hybridized carbons (Fsp3) is 0. The molecule has 3 heterocycles. The summed E-state index contributed by atoms with van der Waals surface area (Å²) in [5.74, 6) is 0. The standard InChI is InChI=1S/C50H29NO2S/c1-2-10-32-27-35(20-19-30(32)9-1)31-21-23-36(24-22-31)51(42-16-7-14-39-40-28-33-11-3-4-12-34(33)29-46(40)54-50(39)42)41-15-8-18-44-47(41)48-45(52-44)26-25-38-37-13-5-6-17-43(37)53-49(38)48/h1-29H. The van der Waals surface area contributed by atoms with Crippen molar-refractivity contribution in [1.82, 2.24) is 0 Å². The summed E-state index contributed by atoms with van der Waals surface area (Å²) in [6.45, 7) is 0. The summed E-state index contributed by atoms with van der Waals surface area (Å²) in [6.07, 6.45) is 0. The Morgan fingerprint density at radius 3 is 1.93 bits per heavy atom. The Morgan fingerprint density at radius 2 is 1.06 bits per heavy atom. The Labute approximate surface area is 313 Å². The molecule has 252 valence electrons. The minimum absolute atomic E-state index is 0.808. The van der Waals surface area contributed by atoms with Crippen molar-refractivity contribution in [3.63, 3.8) is 0 Å². The van der Waals surface area contributed by atoms with Crippen LogP contribution in [0.2, 0.25) is 0 Å². The van der Waals surface area contributed by atoms with Crippen LogP contribution in [0.3, 0.4) is 0 Å². The number of anilines is 3. The highest BCUT2D eigenvalue weighted by Gasteiger charge is 2.24. The minimum atomic E-state index is 0.808. The molecule has 0 bridgehead atoms. The average molecular weight is 708 g/mol. The van der Waals surface area contributed by atoms with E-state index in [4.69, 9.17) is 8.83 Å². The fourth-order valence-corrected chi connectivity index (χ4v) is 9.71. The summed E-state index contributed by atoms with van der Waals surface area (Å²) in [5.41, 5.74) is 8.93. The highest BCUT2D eigenvalue weighted by Crippen LogP contribution is 2.50. The molecule has 3 aromatic heterocycles. The van der Waals surface area contributed by atoms with E-state index < -0.39 is 0 Å². The molecule has 3 nitrogen and oxygen atoms in total. The van der Waals surface area contributed by atoms with Crippen molar-refractivity contribution in [3.8, 4) is 11.1 Å². The van der Waals surface area contributed by atoms with Gasteiger partial charge in [0.1, 0.15) is 22.3 Å². The van der Waals surface area contributed by atoms with Gasteiger partial charge < -0.3 is 13.7 Å². The number of thiophene rings is 1. The maximum atomic E-state index is 6.64. The number of fused-ring (bicyclic) bond motifs is 12. The van der Waals surface area contributed by atoms with Crippen LogP contribution in [0.5, 0.6) is 0 Å². The van der Waals surface area contributed by atoms with Crippen molar-refractivity contribution in [1.29, 1.82) is 0 Å². The number of hydrogen-bond donors (Lipinski definition) is 0. The summed E-state index contributed by atoms with van der Waals surface area (Å²) >= 11 is 1.85. The average Bonchev–Trinajstić information content (AvgIpc) is 3.92. The van der Waals surface area contributed by atoms with Crippen LogP contribution >= 0.6 is 11.3 Å². The van der Waals surface area contributed by atoms with Crippen LogP contribution in [0, 0.1) is 0 Å². The first-order valence-corrected chi connectivity index (χ1v) is 19.1. The highest BCUT2D eigenvalue weighted by atomic mass is 32.1. The Balaban J connectivity index is 1.13. The van der Waals surface area contributed by atoms with E-state index in [2.05, 4.69) is 169 Å². The van der Waals surface area contributed by atoms with E-state index in [1.54, 1.807) is 0 Å². The third-order valence-corrected chi connectivity index (χ3v) is 12.2. The zero-order valence-corrected chi connectivity index (χ0v) is 29.7. The molecule has 9 aromatic carbocycles. The Hall–Kier alpha value is -6.88. The van der Waals surface area contributed by atoms with Gasteiger partial charge in [0, 0.05) is 31.9 Å². The topological polar surface area (TPSA) is 29.5 Å². The second kappa shape index (κ2) is 11.3. The van der Waals surface area contributed by atoms with Gasteiger partial charge in [0.25, 0.3) is 0 Å². The summed E-state index contributed by atoms with van der Waals surface area (Å²) in [5, 5.41) is 11.7. The van der Waals surface area contributed by atoms with Crippen molar-refractivity contribution in [2.45, 2.75) is 0 Å². The molecule has 0 atom stereocenters. The molecular weight excluding hydrogens is 679 g/mol. The molecule has 0 aliphatic rings. The zero-order valence-electron chi connectivity index (χ0n) is 28.9. The second-order valence-corrected chi connectivity index (χ2v) is 15.1. The van der Waals surface area contributed by atoms with E-state index in [0.29, 0.717) is 0 Å². The Kier molecular flexibility index (Phi) is 6.21. The Bertz CT molecular complexity index is 3460. The summed E-state index contributed by atoms with van der Waals surface area (Å²) in [6, 6.07) is 63.1. The molecule has 0 spiro atoms. The Morgan fingerprint density at radius 1 is 0.389 bits per heavy atom. The highest BCUT2D eigenvalue weighted by molar-refractivity contribution is 7.26. The van der Waals surface area contributed by atoms with Crippen LogP contribution in [0.1, 0.15) is 0 Å². The number of benzene rings is 9. The summed E-state index contributed by atoms with van der Waals surface area (Å²) in [7, 11) is 0. The third kappa shape index (κ3) is 4.35. The first-order chi connectivity index (χ1) is 26.7. The molecule has 12 rings (SSSR count). The lowest BCUT2D eigenvalue weighted by Gasteiger charge is -2.27. The van der Waals surface area contributed by atoms with Gasteiger partial charge in [0.15, 0.2) is 0 Å². The molecule has 0 aliphatic heterocycles. The number of furan rings is 2. The van der Waals surface area contributed by atoms with E-state index in [-0.39, 0.29) is 0 Å². The molecule has 0 N–H and O–H groups in total. The molecule has 0 unspecified atom stereocenters. The largest absolute Gasteiger partial charge is 0.456 e. The van der Waals surface area contributed by atoms with Crippen molar-refractivity contribution in [3.05, 3.63) is 176 Å². The van der Waals surface area contributed by atoms with Crippen LogP contribution in [-0.4, -0.2) is 0 Å². The fourth-order valence-electron chi connectivity index (χ4n) is 8.48. The number of rotatable bonds is 4. The van der Waals surface area contributed by atoms with Gasteiger partial charge in [-0.2, -0.15) is 0 Å².